The number of halogens is 1. The van der Waals surface area contributed by atoms with Crippen LogP contribution in [-0.4, -0.2) is 37.0 Å². The summed E-state index contributed by atoms with van der Waals surface area (Å²) in [4.78, 5) is 15.5. The highest BCUT2D eigenvalue weighted by molar-refractivity contribution is 6.02. The molecule has 2 aromatic carbocycles. The van der Waals surface area contributed by atoms with Gasteiger partial charge in [0.05, 0.1) is 0 Å². The van der Waals surface area contributed by atoms with E-state index < -0.39 is 0 Å². The molecule has 0 aromatic heterocycles. The molecular weight excluding hydrogens is 386 g/mol. The maximum atomic E-state index is 13.0. The minimum Gasteiger partial charge on any atom is -0.486 e. The average Bonchev–Trinajstić information content (AvgIpc) is 3.03. The third-order valence-electron chi connectivity index (χ3n) is 6.44. The second kappa shape index (κ2) is 8.76. The summed E-state index contributed by atoms with van der Waals surface area (Å²) < 4.78 is 11.3. The fourth-order valence-electron chi connectivity index (χ4n) is 4.92. The molecule has 0 saturated carbocycles. The van der Waals surface area contributed by atoms with E-state index in [0.717, 1.165) is 55.1 Å². The fraction of sp³-hybridized carbons (Fsp3) is 0.458. The van der Waals surface area contributed by atoms with Gasteiger partial charge >= 0.3 is 0 Å². The number of piperidine rings is 1. The third-order valence-corrected chi connectivity index (χ3v) is 6.44. The Kier molecular flexibility index (Phi) is 6.12. The zero-order valence-electron chi connectivity index (χ0n) is 16.6. The lowest BCUT2D eigenvalue weighted by Gasteiger charge is -2.32. The minimum absolute atomic E-state index is 0. The van der Waals surface area contributed by atoms with Gasteiger partial charge in [-0.1, -0.05) is 30.3 Å². The normalized spacial score (nSPS) is 21.5. The van der Waals surface area contributed by atoms with Crippen LogP contribution >= 0.6 is 12.4 Å². The molecule has 1 fully saturated rings. The summed E-state index contributed by atoms with van der Waals surface area (Å²) in [5.74, 6) is 2.61. The first kappa shape index (κ1) is 20.2. The van der Waals surface area contributed by atoms with Crippen molar-refractivity contribution in [1.82, 2.24) is 4.90 Å². The van der Waals surface area contributed by atoms with Crippen LogP contribution in [0.2, 0.25) is 0 Å². The van der Waals surface area contributed by atoms with Crippen molar-refractivity contribution < 1.29 is 14.3 Å². The number of Topliss-reactive ketones (excluding diaryl/α,β-unsaturated/α-hetero) is 1. The van der Waals surface area contributed by atoms with Gasteiger partial charge in [0.25, 0.3) is 0 Å². The number of likely N-dealkylation sites (tertiary alicyclic amines) is 1. The Labute approximate surface area is 178 Å². The molecule has 1 unspecified atom stereocenters. The smallest absolute Gasteiger partial charge is 0.166 e. The van der Waals surface area contributed by atoms with Gasteiger partial charge < -0.3 is 9.47 Å². The molecule has 1 saturated heterocycles. The number of carbonyl (C=O) groups excluding carboxylic acids is 1. The average molecular weight is 414 g/mol. The van der Waals surface area contributed by atoms with Gasteiger partial charge in [0.2, 0.25) is 0 Å². The molecule has 0 bridgehead atoms. The van der Waals surface area contributed by atoms with Crippen molar-refractivity contribution in [3.63, 3.8) is 0 Å². The minimum atomic E-state index is 0. The first-order valence-electron chi connectivity index (χ1n) is 10.5. The number of benzene rings is 2. The van der Waals surface area contributed by atoms with Crippen molar-refractivity contribution in [1.29, 1.82) is 0 Å². The number of ether oxygens (including phenoxy) is 2. The number of nitrogens with zero attached hydrogens (tertiary/aromatic N) is 1. The van der Waals surface area contributed by atoms with E-state index in [0.29, 0.717) is 24.9 Å². The number of carbonyl (C=O) groups is 1. The molecule has 2 aliphatic heterocycles. The Morgan fingerprint density at radius 1 is 0.966 bits per heavy atom. The van der Waals surface area contributed by atoms with Crippen molar-refractivity contribution in [2.75, 3.05) is 26.3 Å². The molecule has 0 spiro atoms. The molecule has 1 atom stereocenters. The van der Waals surface area contributed by atoms with Gasteiger partial charge in [0, 0.05) is 18.0 Å². The molecule has 5 heteroatoms. The lowest BCUT2D eigenvalue weighted by Crippen LogP contribution is -2.34. The molecule has 2 aromatic rings. The lowest BCUT2D eigenvalue weighted by molar-refractivity contribution is 0.0895. The fourth-order valence-corrected chi connectivity index (χ4v) is 4.92. The van der Waals surface area contributed by atoms with E-state index in [9.17, 15) is 4.79 Å². The van der Waals surface area contributed by atoms with Crippen molar-refractivity contribution in [3.05, 3.63) is 59.2 Å². The van der Waals surface area contributed by atoms with Gasteiger partial charge in [0.1, 0.15) is 13.2 Å². The summed E-state index contributed by atoms with van der Waals surface area (Å²) in [5.41, 5.74) is 3.38. The Balaban J connectivity index is 0.00000205. The van der Waals surface area contributed by atoms with E-state index in [1.165, 1.54) is 18.4 Å². The predicted molar refractivity (Wildman–Crippen MR) is 115 cm³/mol. The summed E-state index contributed by atoms with van der Waals surface area (Å²) in [6.45, 7) is 4.44. The van der Waals surface area contributed by atoms with Crippen molar-refractivity contribution in [2.45, 2.75) is 32.2 Å². The molecule has 0 amide bonds. The first-order valence-corrected chi connectivity index (χ1v) is 10.5. The lowest BCUT2D eigenvalue weighted by atomic mass is 9.85. The number of ketones is 1. The van der Waals surface area contributed by atoms with Crippen LogP contribution < -0.4 is 9.47 Å². The van der Waals surface area contributed by atoms with Crippen LogP contribution in [0, 0.1) is 11.8 Å². The number of rotatable bonds is 4. The quantitative estimate of drug-likeness (QED) is 0.737. The van der Waals surface area contributed by atoms with Crippen LogP contribution in [0.15, 0.2) is 42.5 Å². The van der Waals surface area contributed by atoms with Crippen LogP contribution in [0.3, 0.4) is 0 Å². The van der Waals surface area contributed by atoms with Crippen LogP contribution in [0.25, 0.3) is 0 Å². The van der Waals surface area contributed by atoms with E-state index in [1.807, 2.05) is 12.1 Å². The highest BCUT2D eigenvalue weighted by Gasteiger charge is 2.35. The van der Waals surface area contributed by atoms with Crippen LogP contribution in [0.1, 0.15) is 40.7 Å². The van der Waals surface area contributed by atoms with Gasteiger partial charge in [-0.05, 0) is 68.0 Å². The number of hydrogen-bond donors (Lipinski definition) is 0. The summed E-state index contributed by atoms with van der Waals surface area (Å²) in [6.07, 6.45) is 4.25. The monoisotopic (exact) mass is 413 g/mol. The van der Waals surface area contributed by atoms with E-state index in [2.05, 4.69) is 35.2 Å². The molecule has 154 valence electrons. The van der Waals surface area contributed by atoms with Gasteiger partial charge in [-0.25, -0.2) is 0 Å². The maximum absolute atomic E-state index is 13.0. The van der Waals surface area contributed by atoms with Gasteiger partial charge in [0.15, 0.2) is 17.3 Å². The molecule has 2 heterocycles. The summed E-state index contributed by atoms with van der Waals surface area (Å²) in [5, 5.41) is 0. The molecule has 3 aliphatic rings. The Morgan fingerprint density at radius 2 is 1.66 bits per heavy atom. The Bertz CT molecular complexity index is 862. The number of hydrogen-bond acceptors (Lipinski definition) is 4. The Hall–Kier alpha value is -2.04. The first-order chi connectivity index (χ1) is 13.8. The highest BCUT2D eigenvalue weighted by Crippen LogP contribution is 2.40. The van der Waals surface area contributed by atoms with E-state index in [4.69, 9.17) is 9.47 Å². The topological polar surface area (TPSA) is 38.8 Å². The summed E-state index contributed by atoms with van der Waals surface area (Å²) in [6, 6.07) is 14.6. The molecule has 0 radical (unpaired) electrons. The molecule has 0 N–H and O–H groups in total. The van der Waals surface area contributed by atoms with E-state index in [1.54, 1.807) is 0 Å². The van der Waals surface area contributed by atoms with Crippen LogP contribution in [0.5, 0.6) is 11.5 Å². The zero-order valence-corrected chi connectivity index (χ0v) is 17.5. The third kappa shape index (κ3) is 4.29. The second-order valence-corrected chi connectivity index (χ2v) is 8.36. The second-order valence-electron chi connectivity index (χ2n) is 8.36. The maximum Gasteiger partial charge on any atom is 0.166 e. The summed E-state index contributed by atoms with van der Waals surface area (Å²) in [7, 11) is 0. The standard InChI is InChI=1S/C24H27NO3.ClH/c26-24-20(13-19-14-22-23(15-21(19)24)28-11-10-27-22)12-17-6-8-25(9-7-17)16-18-4-2-1-3-5-18;/h1-5,14-15,17,20H,6-13,16H2;1H. The predicted octanol–water partition coefficient (Wildman–Crippen LogP) is 4.54. The van der Waals surface area contributed by atoms with Gasteiger partial charge in [-0.3, -0.25) is 9.69 Å². The van der Waals surface area contributed by atoms with Gasteiger partial charge in [-0.15, -0.1) is 12.4 Å². The van der Waals surface area contributed by atoms with Crippen LogP contribution in [0.4, 0.5) is 0 Å². The summed E-state index contributed by atoms with van der Waals surface area (Å²) >= 11 is 0. The van der Waals surface area contributed by atoms with Gasteiger partial charge in [-0.2, -0.15) is 0 Å². The Morgan fingerprint density at radius 3 is 2.38 bits per heavy atom. The molecule has 4 nitrogen and oxygen atoms in total. The zero-order chi connectivity index (χ0) is 18.9. The number of fused-ring (bicyclic) bond motifs is 2. The van der Waals surface area contributed by atoms with E-state index >= 15 is 0 Å². The highest BCUT2D eigenvalue weighted by atomic mass is 35.5. The molecular formula is C24H28ClNO3. The molecule has 1 aliphatic carbocycles. The molecule has 5 rings (SSSR count). The van der Waals surface area contributed by atoms with E-state index in [-0.39, 0.29) is 18.3 Å². The van der Waals surface area contributed by atoms with Crippen molar-refractivity contribution in [3.8, 4) is 11.5 Å². The SMILES string of the molecule is Cl.O=C1c2cc3c(cc2CC1CC1CCN(Cc2ccccc2)CC1)OCCO3. The largest absolute Gasteiger partial charge is 0.486 e. The van der Waals surface area contributed by atoms with Crippen LogP contribution in [-0.2, 0) is 13.0 Å². The van der Waals surface area contributed by atoms with Crippen molar-refractivity contribution in [2.24, 2.45) is 11.8 Å². The molecule has 29 heavy (non-hydrogen) atoms. The van der Waals surface area contributed by atoms with Crippen molar-refractivity contribution >= 4 is 18.2 Å².